The number of alkyl halides is 4. The van der Waals surface area contributed by atoms with Crippen LogP contribution in [0.1, 0.15) is 30.9 Å². The fraction of sp³-hybridized carbons (Fsp3) is 0.250. The normalized spacial score (nSPS) is 13.8. The summed E-state index contributed by atoms with van der Waals surface area (Å²) >= 11 is 0. The number of nitrogens with two attached hydrogens (primary N) is 1. The highest BCUT2D eigenvalue weighted by Gasteiger charge is 2.53. The average Bonchev–Trinajstić information content (AvgIpc) is 3.21. The Morgan fingerprint density at radius 3 is 2.49 bits per heavy atom. The predicted molar refractivity (Wildman–Crippen MR) is 119 cm³/mol. The molecule has 0 fully saturated rings. The van der Waals surface area contributed by atoms with E-state index in [0.717, 1.165) is 31.2 Å². The van der Waals surface area contributed by atoms with Gasteiger partial charge in [-0.15, -0.1) is 5.10 Å². The third-order valence-electron chi connectivity index (χ3n) is 5.76. The van der Waals surface area contributed by atoms with Crippen LogP contribution in [0.25, 0.3) is 16.8 Å². The molecule has 1 unspecified atom stereocenters. The zero-order valence-corrected chi connectivity index (χ0v) is 18.4. The van der Waals surface area contributed by atoms with Crippen molar-refractivity contribution >= 4 is 11.6 Å². The van der Waals surface area contributed by atoms with E-state index in [4.69, 9.17) is 10.5 Å². The number of nitrogens with zero attached hydrogens (tertiary/aromatic N) is 3. The highest BCUT2D eigenvalue weighted by atomic mass is 19.3. The van der Waals surface area contributed by atoms with Crippen LogP contribution < -0.4 is 10.5 Å². The zero-order chi connectivity index (χ0) is 25.4. The lowest BCUT2D eigenvalue weighted by molar-refractivity contribution is -0.203. The van der Waals surface area contributed by atoms with E-state index in [1.807, 2.05) is 0 Å². The lowest BCUT2D eigenvalue weighted by Crippen LogP contribution is -2.49. The molecule has 2 aromatic carbocycles. The van der Waals surface area contributed by atoms with E-state index in [0.29, 0.717) is 11.2 Å². The van der Waals surface area contributed by atoms with Crippen LogP contribution in [0.4, 0.5) is 27.9 Å². The first-order chi connectivity index (χ1) is 16.6. The van der Waals surface area contributed by atoms with Crippen LogP contribution in [0.2, 0.25) is 0 Å². The van der Waals surface area contributed by atoms with E-state index in [-0.39, 0.29) is 22.8 Å². The van der Waals surface area contributed by atoms with E-state index in [1.54, 1.807) is 0 Å². The molecule has 4 aromatic rings. The van der Waals surface area contributed by atoms with Gasteiger partial charge in [0.15, 0.2) is 11.2 Å². The molecule has 11 heteroatoms. The molecule has 2 aromatic heterocycles. The Morgan fingerprint density at radius 1 is 1.11 bits per heavy atom. The van der Waals surface area contributed by atoms with Gasteiger partial charge in [-0.25, -0.2) is 26.5 Å². The van der Waals surface area contributed by atoms with E-state index >= 15 is 0 Å². The first-order valence-corrected chi connectivity index (χ1v) is 10.6. The molecular weight excluding hydrogens is 471 g/mol. The Bertz CT molecular complexity index is 1340. The lowest BCUT2D eigenvalue weighted by atomic mass is 9.86. The summed E-state index contributed by atoms with van der Waals surface area (Å²) in [7, 11) is 0. The molecule has 0 aliphatic carbocycles. The first kappa shape index (κ1) is 24.4. The molecule has 4 rings (SSSR count). The number of pyridine rings is 1. The van der Waals surface area contributed by atoms with Crippen LogP contribution in [0, 0.1) is 5.82 Å². The third kappa shape index (κ3) is 4.51. The molecule has 6 nitrogen and oxygen atoms in total. The van der Waals surface area contributed by atoms with Crippen molar-refractivity contribution in [3.63, 3.8) is 0 Å². The second kappa shape index (κ2) is 9.14. The van der Waals surface area contributed by atoms with Gasteiger partial charge in [-0.3, -0.25) is 0 Å². The van der Waals surface area contributed by atoms with Crippen LogP contribution in [0.15, 0.2) is 60.8 Å². The first-order valence-electron chi connectivity index (χ1n) is 10.6. The van der Waals surface area contributed by atoms with Gasteiger partial charge in [0, 0.05) is 12.6 Å². The van der Waals surface area contributed by atoms with Gasteiger partial charge in [-0.1, -0.05) is 31.2 Å². The maximum atomic E-state index is 14.8. The summed E-state index contributed by atoms with van der Waals surface area (Å²) in [5.41, 5.74) is 2.56. The molecule has 0 saturated heterocycles. The van der Waals surface area contributed by atoms with Gasteiger partial charge < -0.3 is 15.6 Å². The van der Waals surface area contributed by atoms with Crippen molar-refractivity contribution in [2.24, 2.45) is 0 Å². The van der Waals surface area contributed by atoms with E-state index in [1.165, 1.54) is 41.0 Å². The number of aromatic nitrogens is 3. The summed E-state index contributed by atoms with van der Waals surface area (Å²) in [5, 5.41) is 14.9. The van der Waals surface area contributed by atoms with Gasteiger partial charge in [0.2, 0.25) is 5.95 Å². The summed E-state index contributed by atoms with van der Waals surface area (Å²) in [5.74, 6) is -4.77. The number of hydrogen-bond acceptors (Lipinski definition) is 5. The third-order valence-corrected chi connectivity index (χ3v) is 5.76. The molecule has 184 valence electrons. The highest BCUT2D eigenvalue weighted by molar-refractivity contribution is 5.73. The molecule has 0 amide bonds. The number of hydrogen-bond donors (Lipinski definition) is 2. The number of nitrogen functional groups attached to an aromatic ring is 1. The smallest absolute Gasteiger partial charge is 0.283 e. The molecule has 0 radical (unpaired) electrons. The van der Waals surface area contributed by atoms with Gasteiger partial charge in [0.1, 0.15) is 18.2 Å². The summed E-state index contributed by atoms with van der Waals surface area (Å²) in [6, 6.07) is 10.9. The topological polar surface area (TPSA) is 85.7 Å². The van der Waals surface area contributed by atoms with Gasteiger partial charge in [-0.2, -0.15) is 4.98 Å². The van der Waals surface area contributed by atoms with E-state index in [9.17, 15) is 27.1 Å². The fourth-order valence-corrected chi connectivity index (χ4v) is 3.81. The fourth-order valence-electron chi connectivity index (χ4n) is 3.81. The largest absolute Gasteiger partial charge is 0.489 e. The Labute approximate surface area is 196 Å². The number of benzene rings is 2. The minimum absolute atomic E-state index is 0.00486. The summed E-state index contributed by atoms with van der Waals surface area (Å²) in [6.07, 6.45) is -2.31. The van der Waals surface area contributed by atoms with Crippen LogP contribution in [-0.2, 0) is 5.60 Å². The lowest BCUT2D eigenvalue weighted by Gasteiger charge is -2.35. The monoisotopic (exact) mass is 492 g/mol. The van der Waals surface area contributed by atoms with Crippen molar-refractivity contribution in [1.29, 1.82) is 0 Å². The van der Waals surface area contributed by atoms with Crippen molar-refractivity contribution in [2.45, 2.75) is 31.3 Å². The number of fused-ring (bicyclic) bond motifs is 1. The van der Waals surface area contributed by atoms with Gasteiger partial charge >= 0.3 is 0 Å². The van der Waals surface area contributed by atoms with Crippen molar-refractivity contribution in [1.82, 2.24) is 14.6 Å². The number of anilines is 1. The molecular formula is C24H21F5N4O2. The minimum Gasteiger partial charge on any atom is -0.489 e. The van der Waals surface area contributed by atoms with Crippen molar-refractivity contribution in [3.05, 3.63) is 77.7 Å². The quantitative estimate of drug-likeness (QED) is 0.323. The van der Waals surface area contributed by atoms with Gasteiger partial charge in [0.05, 0.1) is 5.56 Å². The number of halogens is 5. The van der Waals surface area contributed by atoms with Crippen molar-refractivity contribution < 1.29 is 31.8 Å². The predicted octanol–water partition coefficient (Wildman–Crippen LogP) is 5.37. The number of rotatable bonds is 8. The molecule has 1 atom stereocenters. The number of ether oxygens (including phenoxy) is 1. The Morgan fingerprint density at radius 2 is 1.83 bits per heavy atom. The van der Waals surface area contributed by atoms with Crippen molar-refractivity contribution in [3.8, 4) is 16.9 Å². The van der Waals surface area contributed by atoms with Crippen molar-refractivity contribution in [2.75, 3.05) is 12.3 Å². The molecule has 0 aliphatic rings. The van der Waals surface area contributed by atoms with Crippen LogP contribution in [-0.4, -0.2) is 32.2 Å². The van der Waals surface area contributed by atoms with E-state index < -0.39 is 42.4 Å². The van der Waals surface area contributed by atoms with Gasteiger partial charge in [-0.05, 0) is 47.0 Å². The maximum Gasteiger partial charge on any atom is 0.283 e. The standard InChI is InChI=1S/C24H21F5N4O2/c1-2-24(28,29)23(34,15-6-8-16(25)9-7-15)13-35-18-5-3-4-17(20(18)21(26)27)14-10-11-33-19(12-14)31-22(30)32-33/h3-12,21,34H,2,13H2,1H3,(H2,30,32). The molecule has 0 aliphatic heterocycles. The molecule has 2 heterocycles. The maximum absolute atomic E-state index is 14.8. The summed E-state index contributed by atoms with van der Waals surface area (Å²) in [6.45, 7) is 0.107. The zero-order valence-electron chi connectivity index (χ0n) is 18.4. The Hall–Kier alpha value is -3.73. The Balaban J connectivity index is 1.74. The van der Waals surface area contributed by atoms with E-state index in [2.05, 4.69) is 10.1 Å². The average molecular weight is 492 g/mol. The second-order valence-electron chi connectivity index (χ2n) is 7.92. The SMILES string of the molecule is CCC(F)(F)C(O)(COc1cccc(-c2ccn3nc(N)nc3c2)c1C(F)F)c1ccc(F)cc1. The molecule has 35 heavy (non-hydrogen) atoms. The Kier molecular flexibility index (Phi) is 6.37. The second-order valence-corrected chi connectivity index (χ2v) is 7.92. The minimum atomic E-state index is -3.70. The molecule has 3 N–H and O–H groups in total. The van der Waals surface area contributed by atoms with Crippen LogP contribution in [0.3, 0.4) is 0 Å². The molecule has 0 saturated carbocycles. The highest BCUT2D eigenvalue weighted by Crippen LogP contribution is 2.43. The summed E-state index contributed by atoms with van der Waals surface area (Å²) < 4.78 is 78.2. The summed E-state index contributed by atoms with van der Waals surface area (Å²) in [4.78, 5) is 4.01. The van der Waals surface area contributed by atoms with Gasteiger partial charge in [0.25, 0.3) is 12.3 Å². The van der Waals surface area contributed by atoms with Crippen LogP contribution >= 0.6 is 0 Å². The van der Waals surface area contributed by atoms with Crippen LogP contribution in [0.5, 0.6) is 5.75 Å². The number of aliphatic hydroxyl groups is 1. The molecule has 0 spiro atoms. The molecule has 0 bridgehead atoms.